The van der Waals surface area contributed by atoms with E-state index in [4.69, 9.17) is 0 Å². The molecule has 0 fully saturated rings. The molecule has 0 spiro atoms. The smallest absolute Gasteiger partial charge is 0.203 e. The normalized spacial score (nSPS) is 14.7. The van der Waals surface area contributed by atoms with Gasteiger partial charge in [-0.3, -0.25) is 4.58 Å². The molecule has 0 amide bonds. The molecule has 2 nitrogen and oxygen atoms in total. The molecule has 0 N–H and O–H groups in total. The van der Waals surface area contributed by atoms with Crippen LogP contribution in [0.1, 0.15) is 11.1 Å². The number of aryl methyl sites for hydroxylation is 1. The Hall–Kier alpha value is -1.97. The first kappa shape index (κ1) is 10.5. The van der Waals surface area contributed by atoms with Gasteiger partial charge in [0, 0.05) is 5.56 Å². The molecule has 1 aromatic heterocycles. The molecule has 0 atom stereocenters. The summed E-state index contributed by atoms with van der Waals surface area (Å²) in [6, 6.07) is 1.76. The zero-order chi connectivity index (χ0) is 11.7. The highest BCUT2D eigenvalue weighted by Crippen LogP contribution is 2.25. The van der Waals surface area contributed by atoms with Crippen LogP contribution in [0.2, 0.25) is 0 Å². The van der Waals surface area contributed by atoms with Crippen molar-refractivity contribution in [1.82, 2.24) is 4.98 Å². The number of nitrogens with zero attached hydrogens (tertiary/aromatic N) is 2. The quantitative estimate of drug-likeness (QED) is 0.403. The second-order valence-electron chi connectivity index (χ2n) is 3.48. The predicted octanol–water partition coefficient (Wildman–Crippen LogP) is 2.34. The van der Waals surface area contributed by atoms with Crippen molar-refractivity contribution in [3.63, 3.8) is 0 Å². The second kappa shape index (κ2) is 3.89. The van der Waals surface area contributed by atoms with Crippen molar-refractivity contribution < 1.29 is 13.4 Å². The monoisotopic (exact) mass is 220 g/mol. The lowest BCUT2D eigenvalue weighted by Gasteiger charge is -2.18. The lowest BCUT2D eigenvalue weighted by atomic mass is 10.0. The van der Waals surface area contributed by atoms with E-state index < -0.39 is 11.9 Å². The van der Waals surface area contributed by atoms with Crippen LogP contribution in [0.15, 0.2) is 30.5 Å². The Labute approximate surface area is 92.3 Å². The van der Waals surface area contributed by atoms with Crippen LogP contribution < -0.4 is 0 Å². The van der Waals surface area contributed by atoms with E-state index in [2.05, 4.69) is 11.7 Å². The minimum atomic E-state index is -0.818. The summed E-state index contributed by atoms with van der Waals surface area (Å²) in [6.07, 6.45) is 6.94. The van der Waals surface area contributed by atoms with E-state index in [9.17, 15) is 8.78 Å². The van der Waals surface area contributed by atoms with Crippen LogP contribution >= 0.6 is 0 Å². The number of allylic oxidation sites excluding steroid dienone is 2. The Bertz CT molecular complexity index is 481. The van der Waals surface area contributed by atoms with E-state index in [-0.39, 0.29) is 5.56 Å². The fraction of sp³-hybridized carbons (Fsp3) is 0.0833. The molecule has 1 aliphatic rings. The first-order chi connectivity index (χ1) is 7.59. The molecule has 0 bridgehead atoms. The Balaban J connectivity index is 2.52. The third kappa shape index (κ3) is 1.74. The van der Waals surface area contributed by atoms with E-state index in [1.165, 1.54) is 10.6 Å². The lowest BCUT2D eigenvalue weighted by Crippen LogP contribution is -2.17. The number of aromatic nitrogens is 1. The highest BCUT2D eigenvalue weighted by molar-refractivity contribution is 5.41. The fourth-order valence-electron chi connectivity index (χ4n) is 1.61. The topological polar surface area (TPSA) is 15.9 Å². The SMILES string of the molecule is C=[N+]1C=CC=C[C-]1c1c(C)cc(F)nc1F. The minimum Gasteiger partial charge on any atom is -0.255 e. The third-order valence-electron chi connectivity index (χ3n) is 2.34. The number of hydrogen-bond acceptors (Lipinski definition) is 1. The maximum atomic E-state index is 13.6. The number of rotatable bonds is 1. The Kier molecular flexibility index (Phi) is 2.56. The molecule has 16 heavy (non-hydrogen) atoms. The van der Waals surface area contributed by atoms with Crippen molar-refractivity contribution in [2.24, 2.45) is 0 Å². The summed E-state index contributed by atoms with van der Waals surface area (Å²) in [5.41, 5.74) is 0.769. The Morgan fingerprint density at radius 2 is 2.12 bits per heavy atom. The Morgan fingerprint density at radius 3 is 2.75 bits per heavy atom. The van der Waals surface area contributed by atoms with Crippen LogP contribution in [-0.2, 0) is 0 Å². The van der Waals surface area contributed by atoms with Gasteiger partial charge in [0.15, 0.2) is 12.0 Å². The molecule has 2 heterocycles. The van der Waals surface area contributed by atoms with E-state index in [1.54, 1.807) is 31.4 Å². The van der Waals surface area contributed by atoms with Gasteiger partial charge in [0.05, 0.1) is 6.72 Å². The van der Waals surface area contributed by atoms with Crippen molar-refractivity contribution in [2.75, 3.05) is 0 Å². The van der Waals surface area contributed by atoms with Crippen molar-refractivity contribution in [3.05, 3.63) is 59.6 Å². The van der Waals surface area contributed by atoms with Crippen molar-refractivity contribution in [3.8, 4) is 0 Å². The van der Waals surface area contributed by atoms with E-state index in [1.807, 2.05) is 0 Å². The van der Waals surface area contributed by atoms with Crippen LogP contribution in [-0.4, -0.2) is 16.3 Å². The summed E-state index contributed by atoms with van der Waals surface area (Å²) in [4.78, 5) is 3.18. The summed E-state index contributed by atoms with van der Waals surface area (Å²) in [5.74, 6) is -1.63. The number of hydrogen-bond donors (Lipinski definition) is 0. The van der Waals surface area contributed by atoms with Gasteiger partial charge in [0.25, 0.3) is 0 Å². The zero-order valence-electron chi connectivity index (χ0n) is 8.74. The molecular formula is C12H10F2N2. The van der Waals surface area contributed by atoms with Crippen LogP contribution in [0.3, 0.4) is 0 Å². The largest absolute Gasteiger partial charge is 0.255 e. The Morgan fingerprint density at radius 1 is 1.38 bits per heavy atom. The molecular weight excluding hydrogens is 210 g/mol. The predicted molar refractivity (Wildman–Crippen MR) is 56.9 cm³/mol. The second-order valence-corrected chi connectivity index (χ2v) is 3.48. The molecule has 0 radical (unpaired) electrons. The summed E-state index contributed by atoms with van der Waals surface area (Å²) >= 11 is 0. The van der Waals surface area contributed by atoms with Gasteiger partial charge in [-0.05, 0) is 12.1 Å². The van der Waals surface area contributed by atoms with Gasteiger partial charge in [0.2, 0.25) is 5.95 Å². The average Bonchev–Trinajstić information content (AvgIpc) is 2.19. The van der Waals surface area contributed by atoms with Gasteiger partial charge in [0.1, 0.15) is 6.20 Å². The maximum absolute atomic E-state index is 13.6. The molecule has 0 unspecified atom stereocenters. The summed E-state index contributed by atoms with van der Waals surface area (Å²) in [7, 11) is 0. The average molecular weight is 220 g/mol. The molecule has 0 saturated heterocycles. The zero-order valence-corrected chi connectivity index (χ0v) is 8.74. The maximum Gasteiger partial charge on any atom is 0.203 e. The van der Waals surface area contributed by atoms with Gasteiger partial charge in [-0.25, -0.2) is 9.37 Å². The van der Waals surface area contributed by atoms with Crippen molar-refractivity contribution >= 4 is 6.72 Å². The minimum absolute atomic E-state index is 0.275. The standard InChI is InChI=1S/C12H10F2N2/c1-8-7-10(13)15-12(14)11(8)9-5-3-4-6-16(9)2/h3-7H,2H2,1H3. The highest BCUT2D eigenvalue weighted by atomic mass is 19.1. The van der Waals surface area contributed by atoms with Gasteiger partial charge < -0.3 is 0 Å². The van der Waals surface area contributed by atoms with Gasteiger partial charge in [-0.1, -0.05) is 18.6 Å². The molecule has 1 aliphatic heterocycles. The van der Waals surface area contributed by atoms with Gasteiger partial charge >= 0.3 is 0 Å². The van der Waals surface area contributed by atoms with Crippen LogP contribution in [0.25, 0.3) is 0 Å². The molecule has 0 aliphatic carbocycles. The van der Waals surface area contributed by atoms with Crippen molar-refractivity contribution in [2.45, 2.75) is 6.92 Å². The fourth-order valence-corrected chi connectivity index (χ4v) is 1.61. The molecule has 1 aromatic rings. The highest BCUT2D eigenvalue weighted by Gasteiger charge is 2.21. The van der Waals surface area contributed by atoms with Gasteiger partial charge in [-0.2, -0.15) is 4.39 Å². The lowest BCUT2D eigenvalue weighted by molar-refractivity contribution is -0.418. The summed E-state index contributed by atoms with van der Waals surface area (Å²) < 4.78 is 28.0. The van der Waals surface area contributed by atoms with E-state index in [0.29, 0.717) is 11.6 Å². The first-order valence-electron chi connectivity index (χ1n) is 4.74. The molecule has 82 valence electrons. The molecule has 0 aromatic carbocycles. The van der Waals surface area contributed by atoms with Crippen LogP contribution in [0.5, 0.6) is 0 Å². The van der Waals surface area contributed by atoms with Crippen LogP contribution in [0.4, 0.5) is 8.78 Å². The first-order valence-corrected chi connectivity index (χ1v) is 4.74. The van der Waals surface area contributed by atoms with Gasteiger partial charge in [-0.15, -0.1) is 6.08 Å². The van der Waals surface area contributed by atoms with E-state index in [0.717, 1.165) is 0 Å². The number of pyridine rings is 1. The van der Waals surface area contributed by atoms with Crippen LogP contribution in [0, 0.1) is 24.9 Å². The number of halogens is 2. The molecule has 4 heteroatoms. The third-order valence-corrected chi connectivity index (χ3v) is 2.34. The summed E-state index contributed by atoms with van der Waals surface area (Å²) in [5, 5.41) is 0. The molecule has 0 saturated carbocycles. The van der Waals surface area contributed by atoms with Crippen molar-refractivity contribution in [1.29, 1.82) is 0 Å². The molecule has 2 rings (SSSR count). The van der Waals surface area contributed by atoms with E-state index >= 15 is 0 Å². The summed E-state index contributed by atoms with van der Waals surface area (Å²) in [6.45, 7) is 5.37.